The van der Waals surface area contributed by atoms with E-state index in [0.717, 1.165) is 32.0 Å². The maximum Gasteiger partial charge on any atom is 0.255 e. The summed E-state index contributed by atoms with van der Waals surface area (Å²) in [5, 5.41) is 3.38. The number of benzene rings is 2. The highest BCUT2D eigenvalue weighted by Crippen LogP contribution is 2.23. The van der Waals surface area contributed by atoms with Crippen LogP contribution in [0.25, 0.3) is 0 Å². The van der Waals surface area contributed by atoms with Crippen LogP contribution in [0.15, 0.2) is 72.9 Å². The van der Waals surface area contributed by atoms with E-state index in [0.29, 0.717) is 16.3 Å². The molecule has 0 unspecified atom stereocenters. The number of pyridine rings is 1. The van der Waals surface area contributed by atoms with Crippen LogP contribution in [-0.2, 0) is 0 Å². The van der Waals surface area contributed by atoms with Crippen molar-refractivity contribution in [2.45, 2.75) is 0 Å². The number of piperazine rings is 1. The first-order valence-corrected chi connectivity index (χ1v) is 9.65. The molecule has 1 aliphatic heterocycles. The average Bonchev–Trinajstić information content (AvgIpc) is 2.76. The third-order valence-electron chi connectivity index (χ3n) is 4.85. The Bertz CT molecular complexity index is 956. The Morgan fingerprint density at radius 3 is 2.32 bits per heavy atom. The van der Waals surface area contributed by atoms with Gasteiger partial charge in [-0.25, -0.2) is 4.98 Å². The molecule has 142 valence electrons. The molecule has 0 radical (unpaired) electrons. The monoisotopic (exact) mass is 392 g/mol. The van der Waals surface area contributed by atoms with Gasteiger partial charge in [0.05, 0.1) is 10.7 Å². The second-order valence-corrected chi connectivity index (χ2v) is 7.05. The van der Waals surface area contributed by atoms with E-state index in [1.807, 2.05) is 24.3 Å². The normalized spacial score (nSPS) is 14.0. The summed E-state index contributed by atoms with van der Waals surface area (Å²) >= 11 is 6.13. The lowest BCUT2D eigenvalue weighted by molar-refractivity contribution is 0.102. The van der Waals surface area contributed by atoms with E-state index in [4.69, 9.17) is 11.6 Å². The van der Waals surface area contributed by atoms with Crippen molar-refractivity contribution in [1.82, 2.24) is 4.98 Å². The Hall–Kier alpha value is -3.05. The first-order chi connectivity index (χ1) is 13.7. The molecule has 1 amide bonds. The summed E-state index contributed by atoms with van der Waals surface area (Å²) in [4.78, 5) is 21.7. The van der Waals surface area contributed by atoms with Crippen LogP contribution in [0.1, 0.15) is 10.4 Å². The van der Waals surface area contributed by atoms with Gasteiger partial charge in [0.2, 0.25) is 0 Å². The smallest absolute Gasteiger partial charge is 0.255 e. The quantitative estimate of drug-likeness (QED) is 0.718. The van der Waals surface area contributed by atoms with Crippen LogP contribution < -0.4 is 15.1 Å². The van der Waals surface area contributed by atoms with E-state index in [2.05, 4.69) is 44.4 Å². The second kappa shape index (κ2) is 8.31. The summed E-state index contributed by atoms with van der Waals surface area (Å²) in [7, 11) is 0. The Labute approximate surface area is 169 Å². The summed E-state index contributed by atoms with van der Waals surface area (Å²) in [6, 6.07) is 21.2. The number of carbonyl (C=O) groups excluding carboxylic acids is 1. The molecule has 0 atom stereocenters. The molecule has 1 N–H and O–H groups in total. The first kappa shape index (κ1) is 18.3. The van der Waals surface area contributed by atoms with E-state index in [1.54, 1.807) is 24.4 Å². The summed E-state index contributed by atoms with van der Waals surface area (Å²) in [5.74, 6) is 0.624. The molecule has 1 fully saturated rings. The topological polar surface area (TPSA) is 48.5 Å². The SMILES string of the molecule is O=C(Nc1ccccc1Cl)c1ccnc(N2CCN(c3ccccc3)CC2)c1. The molecule has 0 saturated carbocycles. The van der Waals surface area contributed by atoms with Crippen LogP contribution in [0.4, 0.5) is 17.2 Å². The van der Waals surface area contributed by atoms with Crippen LogP contribution >= 0.6 is 11.6 Å². The number of carbonyl (C=O) groups is 1. The zero-order chi connectivity index (χ0) is 19.3. The number of nitrogens with one attached hydrogen (secondary N) is 1. The van der Waals surface area contributed by atoms with Gasteiger partial charge in [-0.2, -0.15) is 0 Å². The lowest BCUT2D eigenvalue weighted by Crippen LogP contribution is -2.46. The number of para-hydroxylation sites is 2. The predicted molar refractivity (Wildman–Crippen MR) is 115 cm³/mol. The number of anilines is 3. The molecule has 1 saturated heterocycles. The summed E-state index contributed by atoms with van der Waals surface area (Å²) in [6.45, 7) is 3.55. The zero-order valence-electron chi connectivity index (χ0n) is 15.4. The van der Waals surface area contributed by atoms with E-state index < -0.39 is 0 Å². The van der Waals surface area contributed by atoms with Crippen molar-refractivity contribution in [2.24, 2.45) is 0 Å². The number of rotatable bonds is 4. The Balaban J connectivity index is 1.43. The van der Waals surface area contributed by atoms with Gasteiger partial charge >= 0.3 is 0 Å². The van der Waals surface area contributed by atoms with Crippen LogP contribution in [0.3, 0.4) is 0 Å². The molecule has 1 aliphatic rings. The molecule has 2 heterocycles. The van der Waals surface area contributed by atoms with Gasteiger partial charge in [0.15, 0.2) is 0 Å². The first-order valence-electron chi connectivity index (χ1n) is 9.27. The summed E-state index contributed by atoms with van der Waals surface area (Å²) in [6.07, 6.45) is 1.68. The van der Waals surface area contributed by atoms with E-state index >= 15 is 0 Å². The Morgan fingerprint density at radius 2 is 1.57 bits per heavy atom. The lowest BCUT2D eigenvalue weighted by Gasteiger charge is -2.36. The number of hydrogen-bond acceptors (Lipinski definition) is 4. The predicted octanol–water partition coefficient (Wildman–Crippen LogP) is 4.31. The van der Waals surface area contributed by atoms with Crippen molar-refractivity contribution in [3.05, 3.63) is 83.5 Å². The van der Waals surface area contributed by atoms with Gasteiger partial charge in [0.25, 0.3) is 5.91 Å². The summed E-state index contributed by atoms with van der Waals surface area (Å²) < 4.78 is 0. The van der Waals surface area contributed by atoms with Gasteiger partial charge in [-0.05, 0) is 36.4 Å². The van der Waals surface area contributed by atoms with Gasteiger partial charge in [0.1, 0.15) is 5.82 Å². The van der Waals surface area contributed by atoms with Crippen molar-refractivity contribution >= 4 is 34.7 Å². The minimum absolute atomic E-state index is 0.195. The Morgan fingerprint density at radius 1 is 0.893 bits per heavy atom. The maximum atomic E-state index is 12.6. The fourth-order valence-electron chi connectivity index (χ4n) is 3.32. The van der Waals surface area contributed by atoms with Gasteiger partial charge in [-0.15, -0.1) is 0 Å². The molecular weight excluding hydrogens is 372 g/mol. The Kier molecular flexibility index (Phi) is 5.44. The molecule has 0 bridgehead atoms. The molecular formula is C22H21ClN4O. The van der Waals surface area contributed by atoms with E-state index in [1.165, 1.54) is 5.69 Å². The fourth-order valence-corrected chi connectivity index (χ4v) is 3.51. The minimum Gasteiger partial charge on any atom is -0.368 e. The van der Waals surface area contributed by atoms with Crippen molar-refractivity contribution in [3.8, 4) is 0 Å². The molecule has 3 aromatic rings. The molecule has 28 heavy (non-hydrogen) atoms. The third-order valence-corrected chi connectivity index (χ3v) is 5.18. The molecule has 5 nitrogen and oxygen atoms in total. The average molecular weight is 393 g/mol. The largest absolute Gasteiger partial charge is 0.368 e. The molecule has 6 heteroatoms. The fraction of sp³-hybridized carbons (Fsp3) is 0.182. The standard InChI is InChI=1S/C22H21ClN4O/c23-19-8-4-5-9-20(19)25-22(28)17-10-11-24-21(16-17)27-14-12-26(13-15-27)18-6-2-1-3-7-18/h1-11,16H,12-15H2,(H,25,28). The van der Waals surface area contributed by atoms with Crippen LogP contribution in [0, 0.1) is 0 Å². The molecule has 4 rings (SSSR count). The highest BCUT2D eigenvalue weighted by molar-refractivity contribution is 6.33. The molecule has 0 spiro atoms. The van der Waals surface area contributed by atoms with Gasteiger partial charge in [-0.3, -0.25) is 4.79 Å². The second-order valence-electron chi connectivity index (χ2n) is 6.65. The van der Waals surface area contributed by atoms with Crippen molar-refractivity contribution in [3.63, 3.8) is 0 Å². The van der Waals surface area contributed by atoms with E-state index in [-0.39, 0.29) is 5.91 Å². The van der Waals surface area contributed by atoms with Crippen LogP contribution in [0.5, 0.6) is 0 Å². The maximum absolute atomic E-state index is 12.6. The van der Waals surface area contributed by atoms with Crippen LogP contribution in [-0.4, -0.2) is 37.1 Å². The molecule has 0 aliphatic carbocycles. The number of nitrogens with zero attached hydrogens (tertiary/aromatic N) is 3. The third kappa shape index (κ3) is 4.10. The van der Waals surface area contributed by atoms with E-state index in [9.17, 15) is 4.79 Å². The van der Waals surface area contributed by atoms with Crippen LogP contribution in [0.2, 0.25) is 5.02 Å². The summed E-state index contributed by atoms with van der Waals surface area (Å²) in [5.41, 5.74) is 2.40. The van der Waals surface area contributed by atoms with Gasteiger partial charge in [-0.1, -0.05) is 41.9 Å². The highest BCUT2D eigenvalue weighted by atomic mass is 35.5. The zero-order valence-corrected chi connectivity index (χ0v) is 16.1. The number of halogens is 1. The number of aromatic nitrogens is 1. The van der Waals surface area contributed by atoms with Crippen molar-refractivity contribution < 1.29 is 4.79 Å². The van der Waals surface area contributed by atoms with Crippen molar-refractivity contribution in [2.75, 3.05) is 41.3 Å². The molecule has 2 aromatic carbocycles. The number of amides is 1. The lowest BCUT2D eigenvalue weighted by atomic mass is 10.2. The highest BCUT2D eigenvalue weighted by Gasteiger charge is 2.19. The van der Waals surface area contributed by atoms with Crippen molar-refractivity contribution in [1.29, 1.82) is 0 Å². The van der Waals surface area contributed by atoms with Gasteiger partial charge < -0.3 is 15.1 Å². The number of hydrogen-bond donors (Lipinski definition) is 1. The minimum atomic E-state index is -0.195. The molecule has 1 aromatic heterocycles. The van der Waals surface area contributed by atoms with Gasteiger partial charge in [0, 0.05) is 43.6 Å².